The van der Waals surface area contributed by atoms with E-state index in [1.165, 1.54) is 13.8 Å². The molecule has 14 heavy (non-hydrogen) atoms. The number of carboxylic acid groups (broad SMARTS) is 2. The number of Topliss-reactive ketones (excluding diaryl/α,β-unsaturated/α-hetero) is 1. The Balaban J connectivity index is 4.80. The fourth-order valence-corrected chi connectivity index (χ4v) is 0.847. The summed E-state index contributed by atoms with van der Waals surface area (Å²) in [6.45, 7) is 2.78. The summed E-state index contributed by atoms with van der Waals surface area (Å²) >= 11 is 0. The SMILES string of the molecule is CC(C)C(O)(CC(=O)C(=O)O)C(=O)O. The first-order valence-electron chi connectivity index (χ1n) is 3.93. The summed E-state index contributed by atoms with van der Waals surface area (Å²) in [5, 5.41) is 26.4. The molecule has 0 aromatic carbocycles. The molecule has 0 saturated carbocycles. The second-order valence-electron chi connectivity index (χ2n) is 3.29. The van der Waals surface area contributed by atoms with E-state index >= 15 is 0 Å². The van der Waals surface area contributed by atoms with Gasteiger partial charge in [0.15, 0.2) is 5.60 Å². The second kappa shape index (κ2) is 4.19. The highest BCUT2D eigenvalue weighted by Crippen LogP contribution is 2.21. The number of ketones is 1. The number of hydrogen-bond acceptors (Lipinski definition) is 4. The van der Waals surface area contributed by atoms with E-state index in [4.69, 9.17) is 10.2 Å². The maximum absolute atomic E-state index is 10.7. The minimum atomic E-state index is -2.31. The summed E-state index contributed by atoms with van der Waals surface area (Å²) in [6.07, 6.45) is -0.921. The predicted molar refractivity (Wildman–Crippen MR) is 44.7 cm³/mol. The van der Waals surface area contributed by atoms with Gasteiger partial charge in [-0.25, -0.2) is 9.59 Å². The highest BCUT2D eigenvalue weighted by atomic mass is 16.4. The predicted octanol–water partition coefficient (Wildman–Crippen LogP) is -0.498. The number of hydrogen-bond donors (Lipinski definition) is 3. The van der Waals surface area contributed by atoms with E-state index in [-0.39, 0.29) is 0 Å². The Kier molecular flexibility index (Phi) is 3.76. The Labute approximate surface area is 80.2 Å². The lowest BCUT2D eigenvalue weighted by atomic mass is 9.85. The molecule has 0 aliphatic carbocycles. The van der Waals surface area contributed by atoms with Crippen molar-refractivity contribution in [3.05, 3.63) is 0 Å². The van der Waals surface area contributed by atoms with Crippen LogP contribution in [-0.4, -0.2) is 38.6 Å². The van der Waals surface area contributed by atoms with Crippen molar-refractivity contribution in [2.75, 3.05) is 0 Å². The minimum Gasteiger partial charge on any atom is -0.479 e. The van der Waals surface area contributed by atoms with Gasteiger partial charge >= 0.3 is 11.9 Å². The second-order valence-corrected chi connectivity index (χ2v) is 3.29. The summed E-state index contributed by atoms with van der Waals surface area (Å²) in [7, 11) is 0. The maximum Gasteiger partial charge on any atom is 0.372 e. The fourth-order valence-electron chi connectivity index (χ4n) is 0.847. The van der Waals surface area contributed by atoms with Gasteiger partial charge in [-0.2, -0.15) is 0 Å². The largest absolute Gasteiger partial charge is 0.479 e. The van der Waals surface area contributed by atoms with Crippen molar-refractivity contribution < 1.29 is 29.7 Å². The number of rotatable bonds is 5. The zero-order chi connectivity index (χ0) is 11.5. The summed E-state index contributed by atoms with van der Waals surface area (Å²) in [4.78, 5) is 31.5. The fraction of sp³-hybridized carbons (Fsp3) is 0.625. The zero-order valence-corrected chi connectivity index (χ0v) is 7.85. The van der Waals surface area contributed by atoms with Crippen molar-refractivity contribution in [2.24, 2.45) is 5.92 Å². The van der Waals surface area contributed by atoms with E-state index in [2.05, 4.69) is 0 Å². The minimum absolute atomic E-state index is 0.747. The number of carbonyl (C=O) groups excluding carboxylic acids is 1. The van der Waals surface area contributed by atoms with Crippen LogP contribution in [0.3, 0.4) is 0 Å². The molecular weight excluding hydrogens is 192 g/mol. The molecule has 0 rings (SSSR count). The average molecular weight is 204 g/mol. The molecule has 0 aliphatic heterocycles. The number of aliphatic hydroxyl groups is 1. The van der Waals surface area contributed by atoms with Gasteiger partial charge in [0.1, 0.15) is 0 Å². The van der Waals surface area contributed by atoms with E-state index < -0.39 is 35.7 Å². The van der Waals surface area contributed by atoms with Crippen LogP contribution >= 0.6 is 0 Å². The zero-order valence-electron chi connectivity index (χ0n) is 7.85. The third-order valence-corrected chi connectivity index (χ3v) is 1.99. The van der Waals surface area contributed by atoms with Crippen LogP contribution in [0.5, 0.6) is 0 Å². The van der Waals surface area contributed by atoms with Crippen molar-refractivity contribution in [2.45, 2.75) is 25.9 Å². The normalized spacial score (nSPS) is 14.9. The number of carboxylic acids is 2. The van der Waals surface area contributed by atoms with Gasteiger partial charge in [-0.05, 0) is 5.92 Å². The molecule has 1 atom stereocenters. The Hall–Kier alpha value is -1.43. The van der Waals surface area contributed by atoms with Gasteiger partial charge in [0.2, 0.25) is 5.78 Å². The monoisotopic (exact) mass is 204 g/mol. The van der Waals surface area contributed by atoms with Crippen molar-refractivity contribution >= 4 is 17.7 Å². The van der Waals surface area contributed by atoms with Crippen LogP contribution in [0.15, 0.2) is 0 Å². The van der Waals surface area contributed by atoms with Gasteiger partial charge in [-0.15, -0.1) is 0 Å². The Morgan fingerprint density at radius 1 is 1.21 bits per heavy atom. The maximum atomic E-state index is 10.7. The lowest BCUT2D eigenvalue weighted by molar-refractivity contribution is -0.168. The van der Waals surface area contributed by atoms with Crippen LogP contribution < -0.4 is 0 Å². The van der Waals surface area contributed by atoms with Gasteiger partial charge in [0.05, 0.1) is 6.42 Å². The summed E-state index contributed by atoms with van der Waals surface area (Å²) in [6, 6.07) is 0. The number of carbonyl (C=O) groups is 3. The summed E-state index contributed by atoms with van der Waals surface area (Å²) in [5.41, 5.74) is -2.31. The molecule has 3 N–H and O–H groups in total. The Morgan fingerprint density at radius 3 is 1.86 bits per heavy atom. The standard InChI is InChI=1S/C8H12O6/c1-4(2)8(14,7(12)13)3-5(9)6(10)11/h4,14H,3H2,1-2H3,(H,10,11)(H,12,13). The van der Waals surface area contributed by atoms with Crippen LogP contribution in [0.4, 0.5) is 0 Å². The van der Waals surface area contributed by atoms with Crippen LogP contribution in [0.1, 0.15) is 20.3 Å². The van der Waals surface area contributed by atoms with Crippen LogP contribution in [0.25, 0.3) is 0 Å². The van der Waals surface area contributed by atoms with Crippen molar-refractivity contribution in [3.63, 3.8) is 0 Å². The first kappa shape index (κ1) is 12.6. The van der Waals surface area contributed by atoms with E-state index in [1.54, 1.807) is 0 Å². The Morgan fingerprint density at radius 2 is 1.64 bits per heavy atom. The third kappa shape index (κ3) is 2.53. The molecule has 0 aromatic heterocycles. The molecule has 0 amide bonds. The molecule has 0 radical (unpaired) electrons. The van der Waals surface area contributed by atoms with E-state index in [0.717, 1.165) is 0 Å². The number of aliphatic carboxylic acids is 2. The third-order valence-electron chi connectivity index (χ3n) is 1.99. The highest BCUT2D eigenvalue weighted by molar-refractivity contribution is 6.33. The molecule has 0 heterocycles. The van der Waals surface area contributed by atoms with E-state index in [9.17, 15) is 19.5 Å². The Bertz CT molecular complexity index is 269. The highest BCUT2D eigenvalue weighted by Gasteiger charge is 2.42. The molecule has 0 fully saturated rings. The van der Waals surface area contributed by atoms with E-state index in [1.807, 2.05) is 0 Å². The van der Waals surface area contributed by atoms with Crippen molar-refractivity contribution in [1.29, 1.82) is 0 Å². The quantitative estimate of drug-likeness (QED) is 0.520. The van der Waals surface area contributed by atoms with Gasteiger partial charge in [0, 0.05) is 0 Å². The lowest BCUT2D eigenvalue weighted by Gasteiger charge is -2.25. The molecule has 1 unspecified atom stereocenters. The first-order chi connectivity index (χ1) is 6.21. The van der Waals surface area contributed by atoms with Gasteiger partial charge < -0.3 is 15.3 Å². The molecule has 6 heteroatoms. The molecule has 0 aliphatic rings. The van der Waals surface area contributed by atoms with Crippen molar-refractivity contribution in [1.82, 2.24) is 0 Å². The molecule has 6 nitrogen and oxygen atoms in total. The van der Waals surface area contributed by atoms with Crippen LogP contribution in [0, 0.1) is 5.92 Å². The molecule has 0 spiro atoms. The first-order valence-corrected chi connectivity index (χ1v) is 3.93. The molecule has 0 saturated heterocycles. The molecular formula is C8H12O6. The van der Waals surface area contributed by atoms with Gasteiger partial charge in [-0.1, -0.05) is 13.8 Å². The molecule has 0 aromatic rings. The lowest BCUT2D eigenvalue weighted by Crippen LogP contribution is -2.46. The topological polar surface area (TPSA) is 112 Å². The van der Waals surface area contributed by atoms with E-state index in [0.29, 0.717) is 0 Å². The average Bonchev–Trinajstić information content (AvgIpc) is 2.02. The summed E-state index contributed by atoms with van der Waals surface area (Å²) in [5.74, 6) is -5.40. The van der Waals surface area contributed by atoms with Crippen LogP contribution in [-0.2, 0) is 14.4 Å². The van der Waals surface area contributed by atoms with Crippen molar-refractivity contribution in [3.8, 4) is 0 Å². The van der Waals surface area contributed by atoms with Gasteiger partial charge in [0.25, 0.3) is 0 Å². The molecule has 0 bridgehead atoms. The smallest absolute Gasteiger partial charge is 0.372 e. The molecule has 80 valence electrons. The van der Waals surface area contributed by atoms with Crippen LogP contribution in [0.2, 0.25) is 0 Å². The summed E-state index contributed by atoms with van der Waals surface area (Å²) < 4.78 is 0. The van der Waals surface area contributed by atoms with Gasteiger partial charge in [-0.3, -0.25) is 4.79 Å².